The molecular weight excluding hydrogens is 187 g/mol. The second kappa shape index (κ2) is 17.6. The van der Waals surface area contributed by atoms with E-state index < -0.39 is 10.7 Å². The van der Waals surface area contributed by atoms with E-state index >= 15 is 0 Å². The summed E-state index contributed by atoms with van der Waals surface area (Å²) in [5, 5.41) is 0. The van der Waals surface area contributed by atoms with E-state index in [1.54, 1.807) is 6.92 Å². The summed E-state index contributed by atoms with van der Waals surface area (Å²) < 4.78 is 18.7. The van der Waals surface area contributed by atoms with E-state index in [-0.39, 0.29) is 57.1 Å². The molecule has 0 aromatic heterocycles. The van der Waals surface area contributed by atoms with E-state index in [2.05, 4.69) is 13.8 Å². The largest absolute Gasteiger partial charge is 1.00 e. The fraction of sp³-hybridized carbons (Fsp3) is 0.714. The fourth-order valence-corrected chi connectivity index (χ4v) is 0.177. The third kappa shape index (κ3) is 34.1. The predicted octanol–water partition coefficient (Wildman–Crippen LogP) is -0.856. The Morgan fingerprint density at radius 2 is 1.45 bits per heavy atom. The molecule has 0 atom stereocenters. The summed E-state index contributed by atoms with van der Waals surface area (Å²) in [5.74, 6) is 0.222. The summed E-state index contributed by atoms with van der Waals surface area (Å²) in [6, 6.07) is 0. The van der Waals surface area contributed by atoms with Crippen molar-refractivity contribution in [2.45, 2.75) is 26.2 Å². The van der Waals surface area contributed by atoms with Gasteiger partial charge in [-0.3, -0.25) is 0 Å². The molecule has 11 heavy (non-hydrogen) atoms. The average Bonchev–Trinajstić information content (AvgIpc) is 1.91. The molecule has 0 aliphatic rings. The third-order valence-electron chi connectivity index (χ3n) is 0.736. The number of hydrogen-bond acceptors (Lipinski definition) is 3. The Hall–Kier alpha value is 1.59. The third-order valence-corrected chi connectivity index (χ3v) is 1.21. The Balaban J connectivity index is -0.000000107. The topological polar surface area (TPSA) is 34.1 Å². The van der Waals surface area contributed by atoms with Gasteiger partial charge in [-0.25, -0.2) is 0 Å². The molecule has 2 nitrogen and oxygen atoms in total. The Kier molecular flexibility index (Phi) is 29.4. The maximum absolute atomic E-state index is 9.37. The molecule has 0 saturated heterocycles. The van der Waals surface area contributed by atoms with Crippen LogP contribution in [0, 0.1) is 13.8 Å². The molecule has 0 bridgehead atoms. The standard InChI is InChI=1S/C5H10.C2H5O2S.K/c1-3-5-4-2;1-2-5(3)4;/h1-5H2;2H2,1H3;/q-2;-1;+1. The van der Waals surface area contributed by atoms with Gasteiger partial charge >= 0.3 is 51.4 Å². The summed E-state index contributed by atoms with van der Waals surface area (Å²) in [4.78, 5) is 0. The van der Waals surface area contributed by atoms with Crippen LogP contribution in [-0.2, 0) is 19.1 Å². The summed E-state index contributed by atoms with van der Waals surface area (Å²) in [6.45, 7) is 8.86. The minimum absolute atomic E-state index is 0. The summed E-state index contributed by atoms with van der Waals surface area (Å²) in [7, 11) is -1.82. The zero-order valence-electron chi connectivity index (χ0n) is 7.47. The van der Waals surface area contributed by atoms with Crippen LogP contribution in [0.3, 0.4) is 0 Å². The quantitative estimate of drug-likeness (QED) is 0.339. The molecule has 0 unspecified atom stereocenters. The number of hydrogen-bond donors (Lipinski definition) is 0. The van der Waals surface area contributed by atoms with Crippen molar-refractivity contribution in [1.82, 2.24) is 0 Å². The van der Waals surface area contributed by atoms with Crippen molar-refractivity contribution >= 4 is 10.7 Å². The van der Waals surface area contributed by atoms with Crippen LogP contribution in [0.25, 0.3) is 0 Å². The second-order valence-corrected chi connectivity index (χ2v) is 2.84. The Labute approximate surface area is 115 Å². The summed E-state index contributed by atoms with van der Waals surface area (Å²) in [5.41, 5.74) is 0. The van der Waals surface area contributed by atoms with Gasteiger partial charge in [0.05, 0.1) is 0 Å². The predicted molar refractivity (Wildman–Crippen MR) is 43.8 cm³/mol. The van der Waals surface area contributed by atoms with Crippen LogP contribution < -0.4 is 51.4 Å². The molecule has 0 N–H and O–H groups in total. The Morgan fingerprint density at radius 3 is 1.45 bits per heavy atom. The zero-order valence-corrected chi connectivity index (χ0v) is 11.4. The van der Waals surface area contributed by atoms with Gasteiger partial charge in [-0.05, 0) is 0 Å². The van der Waals surface area contributed by atoms with Crippen molar-refractivity contribution in [3.63, 3.8) is 0 Å². The Morgan fingerprint density at radius 1 is 1.18 bits per heavy atom. The molecule has 0 aromatic carbocycles. The van der Waals surface area contributed by atoms with Gasteiger partial charge in [-0.2, -0.15) is 12.8 Å². The monoisotopic (exact) mass is 202 g/mol. The molecule has 0 radical (unpaired) electrons. The maximum Gasteiger partial charge on any atom is 1.00 e. The first-order chi connectivity index (χ1) is 4.68. The van der Waals surface area contributed by atoms with E-state index in [1.807, 2.05) is 0 Å². The van der Waals surface area contributed by atoms with Crippen molar-refractivity contribution in [3.05, 3.63) is 13.8 Å². The van der Waals surface area contributed by atoms with E-state index in [0.29, 0.717) is 0 Å². The average molecular weight is 202 g/mol. The zero-order chi connectivity index (χ0) is 8.41. The number of unbranched alkanes of at least 4 members (excludes halogenated alkanes) is 2. The molecule has 64 valence electrons. The van der Waals surface area contributed by atoms with Crippen LogP contribution >= 0.6 is 0 Å². The molecule has 0 amide bonds. The van der Waals surface area contributed by atoms with E-state index in [4.69, 9.17) is 0 Å². The van der Waals surface area contributed by atoms with Gasteiger partial charge in [-0.1, -0.05) is 23.4 Å². The van der Waals surface area contributed by atoms with E-state index in [9.17, 15) is 8.42 Å². The van der Waals surface area contributed by atoms with Gasteiger partial charge in [0.15, 0.2) is 0 Å². The molecule has 0 aromatic rings. The van der Waals surface area contributed by atoms with Crippen LogP contribution in [0.15, 0.2) is 0 Å². The van der Waals surface area contributed by atoms with Crippen molar-refractivity contribution in [2.75, 3.05) is 5.75 Å². The number of rotatable bonds is 3. The molecule has 0 aliphatic carbocycles. The first-order valence-electron chi connectivity index (χ1n) is 3.33. The van der Waals surface area contributed by atoms with Gasteiger partial charge < -0.3 is 22.3 Å². The minimum Gasteiger partial charge on any atom is -0.424 e. The van der Waals surface area contributed by atoms with Gasteiger partial charge in [-0.15, -0.1) is 6.42 Å². The van der Waals surface area contributed by atoms with E-state index in [1.165, 1.54) is 6.42 Å². The fourth-order valence-electron chi connectivity index (χ4n) is 0.177. The van der Waals surface area contributed by atoms with Crippen LogP contribution in [0.5, 0.6) is 0 Å². The van der Waals surface area contributed by atoms with Gasteiger partial charge in [0, 0.05) is 0 Å². The van der Waals surface area contributed by atoms with Crippen molar-refractivity contribution in [3.8, 4) is 0 Å². The van der Waals surface area contributed by atoms with Crippen LogP contribution in [-0.4, -0.2) is 5.75 Å². The maximum atomic E-state index is 9.37. The molecule has 0 spiro atoms. The second-order valence-electron chi connectivity index (χ2n) is 1.65. The first kappa shape index (κ1) is 18.4. The van der Waals surface area contributed by atoms with Crippen molar-refractivity contribution < 1.29 is 59.8 Å². The summed E-state index contributed by atoms with van der Waals surface area (Å²) >= 11 is 0. The molecule has 4 heteroatoms. The van der Waals surface area contributed by atoms with Crippen LogP contribution in [0.1, 0.15) is 26.2 Å². The van der Waals surface area contributed by atoms with E-state index in [0.717, 1.165) is 12.8 Å². The molecular formula is C7H15KO2S-2. The van der Waals surface area contributed by atoms with Gasteiger partial charge in [0.25, 0.3) is 0 Å². The molecule has 0 aliphatic heterocycles. The first-order valence-corrected chi connectivity index (χ1v) is 4.57. The van der Waals surface area contributed by atoms with Crippen LogP contribution in [0.4, 0.5) is 0 Å². The van der Waals surface area contributed by atoms with Crippen molar-refractivity contribution in [2.24, 2.45) is 0 Å². The smallest absolute Gasteiger partial charge is 0.424 e. The van der Waals surface area contributed by atoms with Crippen molar-refractivity contribution in [1.29, 1.82) is 0 Å². The molecule has 0 heterocycles. The molecule has 0 fully saturated rings. The SMILES string of the molecule is CC[S-](=O)=O.[CH2-]CCC[CH2-].[K+]. The normalized spacial score (nSPS) is 8.00. The molecule has 0 saturated carbocycles. The summed E-state index contributed by atoms with van der Waals surface area (Å²) in [6.07, 6.45) is 3.23. The van der Waals surface area contributed by atoms with Gasteiger partial charge in [0.1, 0.15) is 0 Å². The van der Waals surface area contributed by atoms with Gasteiger partial charge in [0.2, 0.25) is 0 Å². The van der Waals surface area contributed by atoms with Crippen LogP contribution in [0.2, 0.25) is 0 Å². The minimum atomic E-state index is -1.82. The molecule has 0 rings (SSSR count). The Bertz CT molecular complexity index is 103.